The third-order valence-electron chi connectivity index (χ3n) is 4.34. The van der Waals surface area contributed by atoms with Crippen molar-refractivity contribution in [3.63, 3.8) is 0 Å². The monoisotopic (exact) mass is 485 g/mol. The lowest BCUT2D eigenvalue weighted by molar-refractivity contribution is 0.414. The number of methoxy groups -OCH3 is 1. The van der Waals surface area contributed by atoms with E-state index >= 15 is 0 Å². The van der Waals surface area contributed by atoms with Crippen molar-refractivity contribution >= 4 is 54.3 Å². The van der Waals surface area contributed by atoms with Crippen LogP contribution in [0, 0.1) is 0 Å². The molecule has 0 unspecified atom stereocenters. The van der Waals surface area contributed by atoms with E-state index in [9.17, 15) is 8.42 Å². The van der Waals surface area contributed by atoms with Crippen LogP contribution in [0.4, 0.5) is 5.82 Å². The highest BCUT2D eigenvalue weighted by Crippen LogP contribution is 2.39. The SMILES string of the molecule is COc1ccc(CN(c2nn(C(C)C)c3c(Br)ccc(Cl)c23)S(C)(=O)=O)cc1. The molecule has 0 spiro atoms. The summed E-state index contributed by atoms with van der Waals surface area (Å²) in [5.41, 5.74) is 1.57. The Morgan fingerprint density at radius 3 is 2.39 bits per heavy atom. The van der Waals surface area contributed by atoms with E-state index < -0.39 is 10.0 Å². The molecule has 150 valence electrons. The van der Waals surface area contributed by atoms with Crippen LogP contribution < -0.4 is 9.04 Å². The van der Waals surface area contributed by atoms with Crippen molar-refractivity contribution < 1.29 is 13.2 Å². The van der Waals surface area contributed by atoms with Crippen molar-refractivity contribution in [2.75, 3.05) is 17.7 Å². The van der Waals surface area contributed by atoms with E-state index in [1.54, 1.807) is 30.0 Å². The minimum Gasteiger partial charge on any atom is -0.497 e. The number of rotatable bonds is 6. The second-order valence-electron chi connectivity index (χ2n) is 6.73. The predicted molar refractivity (Wildman–Crippen MR) is 117 cm³/mol. The van der Waals surface area contributed by atoms with Crippen LogP contribution in [0.2, 0.25) is 5.02 Å². The number of ether oxygens (including phenoxy) is 1. The smallest absolute Gasteiger partial charge is 0.233 e. The zero-order valence-electron chi connectivity index (χ0n) is 16.0. The molecule has 0 atom stereocenters. The van der Waals surface area contributed by atoms with Crippen LogP contribution in [0.15, 0.2) is 40.9 Å². The van der Waals surface area contributed by atoms with Gasteiger partial charge >= 0.3 is 0 Å². The van der Waals surface area contributed by atoms with Crippen LogP contribution in [0.3, 0.4) is 0 Å². The number of halogens is 2. The normalized spacial score (nSPS) is 12.0. The fourth-order valence-electron chi connectivity index (χ4n) is 2.97. The molecule has 0 radical (unpaired) electrons. The Kier molecular flexibility index (Phi) is 5.93. The van der Waals surface area contributed by atoms with Gasteiger partial charge in [-0.15, -0.1) is 0 Å². The molecule has 2 aromatic carbocycles. The first kappa shape index (κ1) is 21.0. The molecule has 0 saturated carbocycles. The highest BCUT2D eigenvalue weighted by molar-refractivity contribution is 9.10. The van der Waals surface area contributed by atoms with Gasteiger partial charge in [-0.1, -0.05) is 23.7 Å². The molecular formula is C19H21BrClN3O3S. The van der Waals surface area contributed by atoms with Crippen LogP contribution in [0.1, 0.15) is 25.5 Å². The van der Waals surface area contributed by atoms with E-state index in [1.165, 1.54) is 10.6 Å². The lowest BCUT2D eigenvalue weighted by atomic mass is 10.2. The molecule has 3 aromatic rings. The minimum atomic E-state index is -3.61. The molecule has 6 nitrogen and oxygen atoms in total. The van der Waals surface area contributed by atoms with Gasteiger partial charge < -0.3 is 4.74 Å². The standard InChI is InChI=1S/C19H21BrClN3O3S/c1-12(2)24-18-15(20)9-10-16(21)17(18)19(22-24)23(28(4,25)26)11-13-5-7-14(27-3)8-6-13/h5-10,12H,11H2,1-4H3. The zero-order valence-corrected chi connectivity index (χ0v) is 19.1. The van der Waals surface area contributed by atoms with Crippen LogP contribution in [-0.2, 0) is 16.6 Å². The molecule has 3 rings (SSSR count). The minimum absolute atomic E-state index is 0.0217. The molecular weight excluding hydrogens is 466 g/mol. The first-order valence-electron chi connectivity index (χ1n) is 8.60. The maximum atomic E-state index is 12.7. The summed E-state index contributed by atoms with van der Waals surface area (Å²) >= 11 is 10.0. The largest absolute Gasteiger partial charge is 0.497 e. The molecule has 0 bridgehead atoms. The van der Waals surface area contributed by atoms with Crippen molar-refractivity contribution in [1.82, 2.24) is 9.78 Å². The number of hydrogen-bond acceptors (Lipinski definition) is 4. The summed E-state index contributed by atoms with van der Waals surface area (Å²) < 4.78 is 34.4. The lowest BCUT2D eigenvalue weighted by Crippen LogP contribution is -2.30. The first-order valence-corrected chi connectivity index (χ1v) is 11.6. The molecule has 1 aromatic heterocycles. The van der Waals surface area contributed by atoms with Gasteiger partial charge in [-0.3, -0.25) is 4.68 Å². The molecule has 0 aliphatic rings. The fraction of sp³-hybridized carbons (Fsp3) is 0.316. The highest BCUT2D eigenvalue weighted by atomic mass is 79.9. The van der Waals surface area contributed by atoms with E-state index in [-0.39, 0.29) is 12.6 Å². The molecule has 0 fully saturated rings. The Morgan fingerprint density at radius 2 is 1.86 bits per heavy atom. The summed E-state index contributed by atoms with van der Waals surface area (Å²) in [6.07, 6.45) is 1.17. The topological polar surface area (TPSA) is 64.4 Å². The summed E-state index contributed by atoms with van der Waals surface area (Å²) in [6.45, 7) is 4.10. The van der Waals surface area contributed by atoms with Gasteiger partial charge in [0, 0.05) is 10.5 Å². The number of anilines is 1. The fourth-order valence-corrected chi connectivity index (χ4v) is 4.55. The third kappa shape index (κ3) is 3.99. The lowest BCUT2D eigenvalue weighted by Gasteiger charge is -2.21. The Hall–Kier alpha value is -1.77. The van der Waals surface area contributed by atoms with E-state index in [4.69, 9.17) is 16.3 Å². The average Bonchev–Trinajstić information content (AvgIpc) is 3.04. The van der Waals surface area contributed by atoms with E-state index in [2.05, 4.69) is 21.0 Å². The first-order chi connectivity index (χ1) is 13.1. The molecule has 28 heavy (non-hydrogen) atoms. The Balaban J connectivity index is 2.21. The Labute approximate surface area is 178 Å². The number of sulfonamides is 1. The van der Waals surface area contributed by atoms with Crippen LogP contribution in [0.5, 0.6) is 5.75 Å². The van der Waals surface area contributed by atoms with Crippen LogP contribution in [0.25, 0.3) is 10.9 Å². The van der Waals surface area contributed by atoms with E-state index in [1.807, 2.05) is 32.0 Å². The van der Waals surface area contributed by atoms with Gasteiger partial charge in [0.15, 0.2) is 5.82 Å². The molecule has 0 saturated heterocycles. The van der Waals surface area contributed by atoms with Gasteiger partial charge in [0.1, 0.15) is 5.75 Å². The van der Waals surface area contributed by atoms with Gasteiger partial charge in [0.25, 0.3) is 0 Å². The van der Waals surface area contributed by atoms with E-state index in [0.717, 1.165) is 15.6 Å². The van der Waals surface area contributed by atoms with Crippen LogP contribution in [-0.4, -0.2) is 31.6 Å². The second kappa shape index (κ2) is 7.93. The van der Waals surface area contributed by atoms with Gasteiger partial charge in [-0.05, 0) is 59.6 Å². The summed E-state index contributed by atoms with van der Waals surface area (Å²) in [6, 6.07) is 10.8. The van der Waals surface area contributed by atoms with E-state index in [0.29, 0.717) is 22.0 Å². The number of benzene rings is 2. The number of nitrogens with zero attached hydrogens (tertiary/aromatic N) is 3. The average molecular weight is 487 g/mol. The van der Waals surface area contributed by atoms with Crippen molar-refractivity contribution in [2.24, 2.45) is 0 Å². The maximum Gasteiger partial charge on any atom is 0.233 e. The van der Waals surface area contributed by atoms with Gasteiger partial charge in [0.2, 0.25) is 10.0 Å². The number of hydrogen-bond donors (Lipinski definition) is 0. The summed E-state index contributed by atoms with van der Waals surface area (Å²) in [5, 5.41) is 5.68. The molecule has 0 amide bonds. The van der Waals surface area contributed by atoms with Gasteiger partial charge in [-0.25, -0.2) is 12.7 Å². The quantitative estimate of drug-likeness (QED) is 0.491. The van der Waals surface area contributed by atoms with Crippen molar-refractivity contribution in [1.29, 1.82) is 0 Å². The number of aromatic nitrogens is 2. The second-order valence-corrected chi connectivity index (χ2v) is 9.90. The molecule has 1 heterocycles. The maximum absolute atomic E-state index is 12.7. The Bertz CT molecular complexity index is 1110. The molecule has 9 heteroatoms. The zero-order chi connectivity index (χ0) is 20.6. The summed E-state index contributed by atoms with van der Waals surface area (Å²) in [7, 11) is -2.03. The highest BCUT2D eigenvalue weighted by Gasteiger charge is 2.27. The van der Waals surface area contributed by atoms with Crippen molar-refractivity contribution in [3.05, 3.63) is 51.5 Å². The molecule has 0 aliphatic heterocycles. The molecule has 0 aliphatic carbocycles. The van der Waals surface area contributed by atoms with Crippen molar-refractivity contribution in [2.45, 2.75) is 26.4 Å². The van der Waals surface area contributed by atoms with Crippen LogP contribution >= 0.6 is 27.5 Å². The van der Waals surface area contributed by atoms with Gasteiger partial charge in [0.05, 0.1) is 35.8 Å². The van der Waals surface area contributed by atoms with Crippen molar-refractivity contribution in [3.8, 4) is 5.75 Å². The van der Waals surface area contributed by atoms with Gasteiger partial charge in [-0.2, -0.15) is 5.10 Å². The summed E-state index contributed by atoms with van der Waals surface area (Å²) in [4.78, 5) is 0. The summed E-state index contributed by atoms with van der Waals surface area (Å²) in [5.74, 6) is 1.02. The Morgan fingerprint density at radius 1 is 1.21 bits per heavy atom. The predicted octanol–water partition coefficient (Wildman–Crippen LogP) is 5.01. The number of fused-ring (bicyclic) bond motifs is 1. The molecule has 0 N–H and O–H groups in total. The third-order valence-corrected chi connectivity index (χ3v) is 6.40.